The lowest BCUT2D eigenvalue weighted by atomic mass is 9.48. The van der Waals surface area contributed by atoms with E-state index in [0.717, 1.165) is 12.3 Å². The van der Waals surface area contributed by atoms with Crippen LogP contribution in [0.2, 0.25) is 0 Å². The van der Waals surface area contributed by atoms with Gasteiger partial charge in [0.2, 0.25) is 0 Å². The largest absolute Gasteiger partial charge is 0.297 e. The Hall–Kier alpha value is -2.04. The van der Waals surface area contributed by atoms with Gasteiger partial charge in [0.05, 0.1) is 0 Å². The van der Waals surface area contributed by atoms with Gasteiger partial charge in [-0.05, 0) is 36.5 Å². The van der Waals surface area contributed by atoms with Gasteiger partial charge in [-0.3, -0.25) is 9.36 Å². The van der Waals surface area contributed by atoms with Crippen LogP contribution in [-0.2, 0) is 6.54 Å². The van der Waals surface area contributed by atoms with Crippen LogP contribution in [0.4, 0.5) is 0 Å². The van der Waals surface area contributed by atoms with Crippen LogP contribution in [-0.4, -0.2) is 19.5 Å². The van der Waals surface area contributed by atoms with Crippen molar-refractivity contribution in [2.45, 2.75) is 39.7 Å². The molecule has 22 heavy (non-hydrogen) atoms. The molecule has 5 heteroatoms. The SMILES string of the molecule is CC1(C)[C@H]2CC=C(CCn3cnc4nccnc4c3=O)[C@@H]1C2. The molecule has 5 nitrogen and oxygen atoms in total. The van der Waals surface area contributed by atoms with Gasteiger partial charge in [0.1, 0.15) is 6.33 Å². The van der Waals surface area contributed by atoms with Crippen molar-refractivity contribution >= 4 is 11.2 Å². The summed E-state index contributed by atoms with van der Waals surface area (Å²) in [6.07, 6.45) is 10.5. The lowest BCUT2D eigenvalue weighted by Crippen LogP contribution is -2.48. The van der Waals surface area contributed by atoms with E-state index in [1.165, 1.54) is 24.6 Å². The second-order valence-electron chi connectivity index (χ2n) is 7.04. The topological polar surface area (TPSA) is 60.7 Å². The maximum atomic E-state index is 12.4. The van der Waals surface area contributed by atoms with Crippen LogP contribution in [0.5, 0.6) is 0 Å². The maximum absolute atomic E-state index is 12.4. The highest BCUT2D eigenvalue weighted by atomic mass is 16.1. The maximum Gasteiger partial charge on any atom is 0.281 e. The Morgan fingerprint density at radius 2 is 2.09 bits per heavy atom. The highest BCUT2D eigenvalue weighted by molar-refractivity contribution is 5.66. The van der Waals surface area contributed by atoms with Crippen molar-refractivity contribution in [2.75, 3.05) is 0 Å². The summed E-state index contributed by atoms with van der Waals surface area (Å²) in [5, 5.41) is 0. The van der Waals surface area contributed by atoms with Crippen LogP contribution in [0, 0.1) is 17.3 Å². The van der Waals surface area contributed by atoms with Crippen molar-refractivity contribution in [3.8, 4) is 0 Å². The first-order valence-electron chi connectivity index (χ1n) is 7.92. The molecule has 5 rings (SSSR count). The van der Waals surface area contributed by atoms with Crippen LogP contribution in [0.25, 0.3) is 11.2 Å². The van der Waals surface area contributed by atoms with Crippen LogP contribution < -0.4 is 5.56 Å². The van der Waals surface area contributed by atoms with Crippen molar-refractivity contribution in [3.05, 3.63) is 40.7 Å². The van der Waals surface area contributed by atoms with Gasteiger partial charge in [0.25, 0.3) is 5.56 Å². The van der Waals surface area contributed by atoms with Crippen LogP contribution in [0.1, 0.15) is 33.1 Å². The molecule has 2 heterocycles. The average molecular weight is 296 g/mol. The number of allylic oxidation sites excluding steroid dienone is 2. The van der Waals surface area contributed by atoms with E-state index in [0.29, 0.717) is 29.0 Å². The lowest BCUT2D eigenvalue weighted by Gasteiger charge is -2.56. The normalized spacial score (nSPS) is 25.6. The Balaban J connectivity index is 1.57. The summed E-state index contributed by atoms with van der Waals surface area (Å²) < 4.78 is 1.66. The molecule has 2 aromatic heterocycles. The first kappa shape index (κ1) is 13.6. The van der Waals surface area contributed by atoms with Crippen LogP contribution in [0.15, 0.2) is 35.2 Å². The number of hydrogen-bond donors (Lipinski definition) is 0. The predicted molar refractivity (Wildman–Crippen MR) is 84.3 cm³/mol. The number of aromatic nitrogens is 4. The van der Waals surface area contributed by atoms with E-state index in [4.69, 9.17) is 0 Å². The van der Waals surface area contributed by atoms with E-state index >= 15 is 0 Å². The van der Waals surface area contributed by atoms with Gasteiger partial charge in [-0.2, -0.15) is 0 Å². The zero-order chi connectivity index (χ0) is 15.3. The third-order valence-electron chi connectivity index (χ3n) is 5.69. The quantitative estimate of drug-likeness (QED) is 0.817. The molecule has 0 aromatic carbocycles. The molecule has 0 saturated heterocycles. The molecule has 0 spiro atoms. The minimum absolute atomic E-state index is 0.0970. The molecular weight excluding hydrogens is 276 g/mol. The Morgan fingerprint density at radius 1 is 1.27 bits per heavy atom. The fraction of sp³-hybridized carbons (Fsp3) is 0.529. The molecule has 2 bridgehead atoms. The minimum atomic E-state index is -0.0970. The van der Waals surface area contributed by atoms with Crippen molar-refractivity contribution < 1.29 is 0 Å². The molecule has 1 saturated carbocycles. The Kier molecular flexibility index (Phi) is 2.93. The summed E-state index contributed by atoms with van der Waals surface area (Å²) in [5.41, 5.74) is 2.62. The summed E-state index contributed by atoms with van der Waals surface area (Å²) in [6, 6.07) is 0. The van der Waals surface area contributed by atoms with E-state index in [9.17, 15) is 4.79 Å². The number of nitrogens with zero attached hydrogens (tertiary/aromatic N) is 4. The third kappa shape index (κ3) is 1.91. The number of aryl methyl sites for hydroxylation is 1. The van der Waals surface area contributed by atoms with E-state index < -0.39 is 0 Å². The zero-order valence-corrected chi connectivity index (χ0v) is 13.0. The summed E-state index contributed by atoms with van der Waals surface area (Å²) in [7, 11) is 0. The van der Waals surface area contributed by atoms with E-state index in [2.05, 4.69) is 34.9 Å². The Labute approximate surface area is 129 Å². The minimum Gasteiger partial charge on any atom is -0.297 e. The molecule has 0 radical (unpaired) electrons. The van der Waals surface area contributed by atoms with Gasteiger partial charge in [0, 0.05) is 18.9 Å². The molecule has 0 unspecified atom stereocenters. The number of hydrogen-bond acceptors (Lipinski definition) is 4. The monoisotopic (exact) mass is 296 g/mol. The lowest BCUT2D eigenvalue weighted by molar-refractivity contribution is -0.00855. The summed E-state index contributed by atoms with van der Waals surface area (Å²) >= 11 is 0. The smallest absolute Gasteiger partial charge is 0.281 e. The standard InChI is InChI=1S/C17H20N4O/c1-17(2)12-4-3-11(13(17)9-12)5-8-21-10-20-15-14(16(21)22)18-6-7-19-15/h3,6-7,10,12-13H,4-5,8-9H2,1-2H3/t12-,13-/m0/s1. The molecular formula is C17H20N4O. The fourth-order valence-electron chi connectivity index (χ4n) is 4.06. The zero-order valence-electron chi connectivity index (χ0n) is 13.0. The first-order valence-corrected chi connectivity index (χ1v) is 7.92. The van der Waals surface area contributed by atoms with Crippen molar-refractivity contribution in [1.82, 2.24) is 19.5 Å². The van der Waals surface area contributed by atoms with Crippen LogP contribution in [0.3, 0.4) is 0 Å². The first-order chi connectivity index (χ1) is 10.6. The third-order valence-corrected chi connectivity index (χ3v) is 5.69. The van der Waals surface area contributed by atoms with Gasteiger partial charge in [-0.15, -0.1) is 0 Å². The molecule has 0 aliphatic heterocycles. The van der Waals surface area contributed by atoms with E-state index in [-0.39, 0.29) is 5.56 Å². The summed E-state index contributed by atoms with van der Waals surface area (Å²) in [6.45, 7) is 5.41. The van der Waals surface area contributed by atoms with E-state index in [1.807, 2.05) is 0 Å². The molecule has 114 valence electrons. The molecule has 3 aliphatic carbocycles. The van der Waals surface area contributed by atoms with Gasteiger partial charge in [-0.1, -0.05) is 25.5 Å². The number of rotatable bonds is 3. The second kappa shape index (κ2) is 4.73. The highest BCUT2D eigenvalue weighted by Crippen LogP contribution is 2.59. The van der Waals surface area contributed by atoms with Gasteiger partial charge in [0.15, 0.2) is 11.2 Å². The fourth-order valence-corrected chi connectivity index (χ4v) is 4.06. The highest BCUT2D eigenvalue weighted by Gasteiger charge is 2.50. The summed E-state index contributed by atoms with van der Waals surface area (Å²) in [4.78, 5) is 24.8. The summed E-state index contributed by atoms with van der Waals surface area (Å²) in [5.74, 6) is 1.54. The van der Waals surface area contributed by atoms with Crippen molar-refractivity contribution in [2.24, 2.45) is 17.3 Å². The Morgan fingerprint density at radius 3 is 2.86 bits per heavy atom. The second-order valence-corrected chi connectivity index (χ2v) is 7.04. The molecule has 2 atom stereocenters. The van der Waals surface area contributed by atoms with Gasteiger partial charge >= 0.3 is 0 Å². The molecule has 0 N–H and O–H groups in total. The molecule has 0 amide bonds. The van der Waals surface area contributed by atoms with E-state index in [1.54, 1.807) is 17.1 Å². The van der Waals surface area contributed by atoms with Gasteiger partial charge < -0.3 is 0 Å². The van der Waals surface area contributed by atoms with Crippen molar-refractivity contribution in [1.29, 1.82) is 0 Å². The molecule has 3 aliphatic rings. The van der Waals surface area contributed by atoms with Gasteiger partial charge in [-0.25, -0.2) is 15.0 Å². The number of fused-ring (bicyclic) bond motifs is 2. The van der Waals surface area contributed by atoms with Crippen LogP contribution >= 0.6 is 0 Å². The molecule has 1 fully saturated rings. The van der Waals surface area contributed by atoms with Crippen molar-refractivity contribution in [3.63, 3.8) is 0 Å². The average Bonchev–Trinajstić information content (AvgIpc) is 2.54. The predicted octanol–water partition coefficient (Wildman–Crippen LogP) is 2.57. The Bertz CT molecular complexity index is 821. The molecule has 2 aromatic rings.